The fourth-order valence-electron chi connectivity index (χ4n) is 2.77. The third-order valence-corrected chi connectivity index (χ3v) is 4.06. The lowest BCUT2D eigenvalue weighted by Gasteiger charge is -2.29. The van der Waals surface area contributed by atoms with E-state index in [1.54, 1.807) is 0 Å². The molecule has 1 amide bonds. The van der Waals surface area contributed by atoms with Gasteiger partial charge < -0.3 is 5.32 Å². The smallest absolute Gasteiger partial charge is 0.223 e. The van der Waals surface area contributed by atoms with Crippen molar-refractivity contribution in [1.82, 2.24) is 5.32 Å². The zero-order valence-corrected chi connectivity index (χ0v) is 10.7. The zero-order valence-electron chi connectivity index (χ0n) is 10.7. The molecule has 0 saturated heterocycles. The molecule has 1 N–H and O–H groups in total. The van der Waals surface area contributed by atoms with Crippen molar-refractivity contribution in [1.29, 1.82) is 0 Å². The van der Waals surface area contributed by atoms with Crippen LogP contribution < -0.4 is 5.32 Å². The molecule has 98 valence electrons. The maximum absolute atomic E-state index is 12.0. The Balaban J connectivity index is 0.00000162. The number of hydrogen-bond donors (Lipinski definition) is 1. The van der Waals surface area contributed by atoms with Crippen LogP contribution in [0.25, 0.3) is 0 Å². The molecule has 0 unspecified atom stereocenters. The largest absolute Gasteiger partial charge is 0.346 e. The van der Waals surface area contributed by atoms with Gasteiger partial charge in [-0.25, -0.2) is 0 Å². The minimum atomic E-state index is -0.201. The molecule has 2 rings (SSSR count). The normalized spacial score (nSPS) is 23.1. The number of amides is 1. The van der Waals surface area contributed by atoms with Gasteiger partial charge in [0.15, 0.2) is 5.78 Å². The van der Waals surface area contributed by atoms with E-state index in [1.165, 1.54) is 19.3 Å². The Morgan fingerprint density at radius 3 is 2.35 bits per heavy atom. The van der Waals surface area contributed by atoms with Crippen molar-refractivity contribution in [3.05, 3.63) is 0 Å². The molecule has 1 atom stereocenters. The van der Waals surface area contributed by atoms with Crippen LogP contribution in [0.3, 0.4) is 0 Å². The van der Waals surface area contributed by atoms with Crippen molar-refractivity contribution in [2.45, 2.75) is 64.3 Å². The van der Waals surface area contributed by atoms with Crippen LogP contribution in [0.15, 0.2) is 0 Å². The summed E-state index contributed by atoms with van der Waals surface area (Å²) in [4.78, 5) is 23.8. The molecule has 0 radical (unpaired) electrons. The van der Waals surface area contributed by atoms with E-state index in [0.29, 0.717) is 12.3 Å². The quantitative estimate of drug-likeness (QED) is 0.801. The van der Waals surface area contributed by atoms with E-state index in [2.05, 4.69) is 5.32 Å². The SMILES string of the molecule is CCC(=O)[C@H](NC(=O)C1CC1)C1CCCCC1.[HH]. The van der Waals surface area contributed by atoms with E-state index >= 15 is 0 Å². The maximum Gasteiger partial charge on any atom is 0.223 e. The Kier molecular flexibility index (Phi) is 4.19. The van der Waals surface area contributed by atoms with Gasteiger partial charge in [0.25, 0.3) is 0 Å². The highest BCUT2D eigenvalue weighted by Crippen LogP contribution is 2.31. The summed E-state index contributed by atoms with van der Waals surface area (Å²) in [5.41, 5.74) is 0. The molecule has 3 heteroatoms. The van der Waals surface area contributed by atoms with Crippen LogP contribution >= 0.6 is 0 Å². The van der Waals surface area contributed by atoms with Crippen LogP contribution in [0, 0.1) is 11.8 Å². The number of carbonyl (C=O) groups is 2. The van der Waals surface area contributed by atoms with Gasteiger partial charge in [-0.05, 0) is 31.6 Å². The minimum Gasteiger partial charge on any atom is -0.346 e. The van der Waals surface area contributed by atoms with Crippen molar-refractivity contribution in [2.75, 3.05) is 0 Å². The number of rotatable bonds is 5. The van der Waals surface area contributed by atoms with Gasteiger partial charge in [-0.2, -0.15) is 0 Å². The van der Waals surface area contributed by atoms with Crippen molar-refractivity contribution < 1.29 is 11.0 Å². The molecule has 3 nitrogen and oxygen atoms in total. The molecule has 0 heterocycles. The molecule has 0 bridgehead atoms. The molecule has 2 saturated carbocycles. The van der Waals surface area contributed by atoms with Crippen LogP contribution in [-0.2, 0) is 9.59 Å². The summed E-state index contributed by atoms with van der Waals surface area (Å²) >= 11 is 0. The molecule has 2 aliphatic rings. The molecule has 17 heavy (non-hydrogen) atoms. The van der Waals surface area contributed by atoms with Crippen molar-refractivity contribution in [3.63, 3.8) is 0 Å². The maximum atomic E-state index is 12.0. The van der Waals surface area contributed by atoms with E-state index in [4.69, 9.17) is 0 Å². The van der Waals surface area contributed by atoms with Crippen molar-refractivity contribution in [2.24, 2.45) is 11.8 Å². The molecule has 0 aromatic heterocycles. The van der Waals surface area contributed by atoms with Crippen LogP contribution in [-0.4, -0.2) is 17.7 Å². The van der Waals surface area contributed by atoms with E-state index in [9.17, 15) is 9.59 Å². The summed E-state index contributed by atoms with van der Waals surface area (Å²) in [6, 6.07) is -0.201. The van der Waals surface area contributed by atoms with Crippen LogP contribution in [0.1, 0.15) is 59.7 Å². The topological polar surface area (TPSA) is 46.2 Å². The van der Waals surface area contributed by atoms with Gasteiger partial charge in [0.1, 0.15) is 0 Å². The standard InChI is InChI=1S/C14H23NO2.H2/c1-2-12(16)13(10-6-4-3-5-7-10)15-14(17)11-8-9-11;/h10-11,13H,2-9H2,1H3,(H,15,17);1H/t13-;/m1./s1. The predicted octanol–water partition coefficient (Wildman–Crippen LogP) is 2.69. The fourth-order valence-corrected chi connectivity index (χ4v) is 2.77. The Bertz CT molecular complexity index is 296. The third-order valence-electron chi connectivity index (χ3n) is 4.06. The molecule has 0 spiro atoms. The molecular weight excluding hydrogens is 214 g/mol. The lowest BCUT2D eigenvalue weighted by atomic mass is 9.81. The predicted molar refractivity (Wildman–Crippen MR) is 68.6 cm³/mol. The van der Waals surface area contributed by atoms with Gasteiger partial charge in [-0.1, -0.05) is 26.2 Å². The van der Waals surface area contributed by atoms with Gasteiger partial charge in [0.2, 0.25) is 5.91 Å². The zero-order chi connectivity index (χ0) is 12.3. The Labute approximate surface area is 105 Å². The van der Waals surface area contributed by atoms with Crippen LogP contribution in [0.5, 0.6) is 0 Å². The fraction of sp³-hybridized carbons (Fsp3) is 0.857. The van der Waals surface area contributed by atoms with Gasteiger partial charge in [-0.3, -0.25) is 9.59 Å². The van der Waals surface area contributed by atoms with E-state index in [-0.39, 0.29) is 25.1 Å². The van der Waals surface area contributed by atoms with Crippen molar-refractivity contribution >= 4 is 11.7 Å². The first-order chi connectivity index (χ1) is 8.22. The first-order valence-electron chi connectivity index (χ1n) is 7.05. The number of hydrogen-bond acceptors (Lipinski definition) is 2. The average molecular weight is 239 g/mol. The lowest BCUT2D eigenvalue weighted by Crippen LogP contribution is -2.47. The molecule has 0 aromatic carbocycles. The summed E-state index contributed by atoms with van der Waals surface area (Å²) < 4.78 is 0. The molecule has 0 aromatic rings. The second kappa shape index (κ2) is 5.65. The number of ketones is 1. The number of carbonyl (C=O) groups excluding carboxylic acids is 2. The summed E-state index contributed by atoms with van der Waals surface area (Å²) in [7, 11) is 0. The molecule has 2 fully saturated rings. The van der Waals surface area contributed by atoms with Gasteiger partial charge in [0.05, 0.1) is 6.04 Å². The van der Waals surface area contributed by atoms with Crippen molar-refractivity contribution in [3.8, 4) is 0 Å². The average Bonchev–Trinajstić information content (AvgIpc) is 3.20. The van der Waals surface area contributed by atoms with E-state index in [0.717, 1.165) is 25.7 Å². The third kappa shape index (κ3) is 3.30. The first kappa shape index (κ1) is 12.6. The van der Waals surface area contributed by atoms with E-state index in [1.807, 2.05) is 6.92 Å². The second-order valence-electron chi connectivity index (χ2n) is 5.48. The molecule has 2 aliphatic carbocycles. The number of nitrogens with one attached hydrogen (secondary N) is 1. The summed E-state index contributed by atoms with van der Waals surface area (Å²) in [5, 5.41) is 3.01. The summed E-state index contributed by atoms with van der Waals surface area (Å²) in [6.07, 6.45) is 8.43. The van der Waals surface area contributed by atoms with Gasteiger partial charge >= 0.3 is 0 Å². The Morgan fingerprint density at radius 1 is 1.18 bits per heavy atom. The van der Waals surface area contributed by atoms with Gasteiger partial charge in [-0.15, -0.1) is 0 Å². The summed E-state index contributed by atoms with van der Waals surface area (Å²) in [5.74, 6) is 0.915. The number of Topliss-reactive ketones (excluding diaryl/α,β-unsaturated/α-hetero) is 1. The monoisotopic (exact) mass is 239 g/mol. The Morgan fingerprint density at radius 2 is 1.82 bits per heavy atom. The van der Waals surface area contributed by atoms with Gasteiger partial charge in [0, 0.05) is 13.8 Å². The van der Waals surface area contributed by atoms with Crippen LogP contribution in [0.2, 0.25) is 0 Å². The lowest BCUT2D eigenvalue weighted by molar-refractivity contribution is -0.129. The first-order valence-corrected chi connectivity index (χ1v) is 7.05. The minimum absolute atomic E-state index is 0. The Hall–Kier alpha value is -0.860. The highest BCUT2D eigenvalue weighted by atomic mass is 16.2. The summed E-state index contributed by atoms with van der Waals surface area (Å²) in [6.45, 7) is 1.89. The molecule has 0 aliphatic heterocycles. The van der Waals surface area contributed by atoms with Crippen LogP contribution in [0.4, 0.5) is 0 Å². The highest BCUT2D eigenvalue weighted by molar-refractivity contribution is 5.90. The highest BCUT2D eigenvalue weighted by Gasteiger charge is 2.35. The van der Waals surface area contributed by atoms with E-state index < -0.39 is 0 Å². The molecular formula is C14H25NO2. The second-order valence-corrected chi connectivity index (χ2v) is 5.48.